The van der Waals surface area contributed by atoms with Crippen molar-refractivity contribution in [2.24, 2.45) is 0 Å². The molecule has 3 nitrogen and oxygen atoms in total. The van der Waals surface area contributed by atoms with Gasteiger partial charge >= 0.3 is 0 Å². The van der Waals surface area contributed by atoms with Crippen LogP contribution in [0.15, 0.2) is 22.7 Å². The second-order valence-corrected chi connectivity index (χ2v) is 7.52. The molecular formula is C16H26BrN3. The van der Waals surface area contributed by atoms with Crippen molar-refractivity contribution in [2.45, 2.75) is 32.9 Å². The molecule has 2 rings (SSSR count). The second-order valence-electron chi connectivity index (χ2n) is 6.67. The van der Waals surface area contributed by atoms with Gasteiger partial charge in [-0.2, -0.15) is 0 Å². The van der Waals surface area contributed by atoms with Crippen LogP contribution in [0.1, 0.15) is 26.3 Å². The van der Waals surface area contributed by atoms with Crippen LogP contribution in [0.3, 0.4) is 0 Å². The third-order valence-corrected chi connectivity index (χ3v) is 4.45. The van der Waals surface area contributed by atoms with E-state index >= 15 is 0 Å². The van der Waals surface area contributed by atoms with Gasteiger partial charge < -0.3 is 15.1 Å². The maximum absolute atomic E-state index is 3.72. The van der Waals surface area contributed by atoms with Gasteiger partial charge in [-0.3, -0.25) is 0 Å². The molecule has 0 atom stereocenters. The molecule has 0 aromatic heterocycles. The van der Waals surface area contributed by atoms with Crippen molar-refractivity contribution in [3.63, 3.8) is 0 Å². The average molecular weight is 340 g/mol. The first kappa shape index (κ1) is 15.8. The van der Waals surface area contributed by atoms with Crippen molar-refractivity contribution in [3.05, 3.63) is 28.2 Å². The lowest BCUT2D eigenvalue weighted by atomic mass is 10.1. The smallest absolute Gasteiger partial charge is 0.0378 e. The van der Waals surface area contributed by atoms with Gasteiger partial charge in [-0.15, -0.1) is 0 Å². The summed E-state index contributed by atoms with van der Waals surface area (Å²) >= 11 is 3.72. The molecule has 0 spiro atoms. The summed E-state index contributed by atoms with van der Waals surface area (Å²) in [6, 6.07) is 6.73. The highest BCUT2D eigenvalue weighted by molar-refractivity contribution is 9.10. The Balaban J connectivity index is 2.02. The van der Waals surface area contributed by atoms with Crippen molar-refractivity contribution in [1.29, 1.82) is 0 Å². The second kappa shape index (κ2) is 6.46. The van der Waals surface area contributed by atoms with Crippen LogP contribution in [-0.2, 0) is 6.54 Å². The lowest BCUT2D eigenvalue weighted by Gasteiger charge is -2.34. The van der Waals surface area contributed by atoms with Crippen molar-refractivity contribution >= 4 is 21.6 Å². The van der Waals surface area contributed by atoms with Crippen LogP contribution < -0.4 is 10.2 Å². The zero-order chi connectivity index (χ0) is 14.8. The number of rotatable bonds is 3. The first-order valence-corrected chi connectivity index (χ1v) is 8.11. The first-order valence-electron chi connectivity index (χ1n) is 7.32. The van der Waals surface area contributed by atoms with Crippen molar-refractivity contribution < 1.29 is 0 Å². The van der Waals surface area contributed by atoms with Gasteiger partial charge in [-0.25, -0.2) is 0 Å². The maximum atomic E-state index is 3.72. The number of hydrogen-bond acceptors (Lipinski definition) is 3. The summed E-state index contributed by atoms with van der Waals surface area (Å²) < 4.78 is 1.20. The number of benzene rings is 1. The standard InChI is InChI=1S/C16H26BrN3/c1-16(2,3)18-12-13-5-6-14(11-15(13)17)20-9-7-19(4)8-10-20/h5-6,11,18H,7-10,12H2,1-4H3. The predicted molar refractivity (Wildman–Crippen MR) is 90.4 cm³/mol. The van der Waals surface area contributed by atoms with Gasteiger partial charge in [-0.05, 0) is 45.5 Å². The van der Waals surface area contributed by atoms with Crippen molar-refractivity contribution in [3.8, 4) is 0 Å². The number of nitrogens with one attached hydrogen (secondary N) is 1. The topological polar surface area (TPSA) is 18.5 Å². The number of nitrogens with zero attached hydrogens (tertiary/aromatic N) is 2. The van der Waals surface area contributed by atoms with E-state index in [0.29, 0.717) is 0 Å². The summed E-state index contributed by atoms with van der Waals surface area (Å²) in [5.74, 6) is 0. The zero-order valence-electron chi connectivity index (χ0n) is 13.0. The molecule has 20 heavy (non-hydrogen) atoms. The van der Waals surface area contributed by atoms with E-state index in [0.717, 1.165) is 32.7 Å². The van der Waals surface area contributed by atoms with E-state index in [-0.39, 0.29) is 5.54 Å². The summed E-state index contributed by atoms with van der Waals surface area (Å²) in [5, 5.41) is 3.53. The molecule has 0 bridgehead atoms. The van der Waals surface area contributed by atoms with Crippen molar-refractivity contribution in [1.82, 2.24) is 10.2 Å². The molecule has 1 fully saturated rings. The predicted octanol–water partition coefficient (Wildman–Crippen LogP) is 3.09. The van der Waals surface area contributed by atoms with Crippen LogP contribution in [0.4, 0.5) is 5.69 Å². The maximum Gasteiger partial charge on any atom is 0.0378 e. The molecule has 1 aromatic carbocycles. The lowest BCUT2D eigenvalue weighted by Crippen LogP contribution is -2.44. The van der Waals surface area contributed by atoms with E-state index in [1.807, 2.05) is 0 Å². The number of piperazine rings is 1. The molecule has 0 aliphatic carbocycles. The SMILES string of the molecule is CN1CCN(c2ccc(CNC(C)(C)C)c(Br)c2)CC1. The summed E-state index contributed by atoms with van der Waals surface area (Å²) in [6.45, 7) is 12.0. The quantitative estimate of drug-likeness (QED) is 0.912. The van der Waals surface area contributed by atoms with Gasteiger partial charge in [-0.1, -0.05) is 22.0 Å². The fourth-order valence-corrected chi connectivity index (χ4v) is 2.81. The molecule has 0 saturated carbocycles. The Morgan fingerprint density at radius 3 is 2.35 bits per heavy atom. The van der Waals surface area contributed by atoms with E-state index in [4.69, 9.17) is 0 Å². The molecule has 0 radical (unpaired) electrons. The van der Waals surface area contributed by atoms with Crippen LogP contribution in [0.25, 0.3) is 0 Å². The molecule has 112 valence electrons. The molecule has 1 aromatic rings. The van der Waals surface area contributed by atoms with Gasteiger partial charge in [0.1, 0.15) is 0 Å². The highest BCUT2D eigenvalue weighted by Crippen LogP contribution is 2.25. The summed E-state index contributed by atoms with van der Waals surface area (Å²) in [5.41, 5.74) is 2.79. The van der Waals surface area contributed by atoms with Crippen molar-refractivity contribution in [2.75, 3.05) is 38.1 Å². The molecule has 1 aliphatic rings. The van der Waals surface area contributed by atoms with Crippen LogP contribution in [0.2, 0.25) is 0 Å². The molecule has 1 N–H and O–H groups in total. The first-order chi connectivity index (χ1) is 9.35. The molecule has 1 heterocycles. The Morgan fingerprint density at radius 1 is 1.15 bits per heavy atom. The molecule has 1 saturated heterocycles. The third-order valence-electron chi connectivity index (χ3n) is 3.71. The Morgan fingerprint density at radius 2 is 1.80 bits per heavy atom. The van der Waals surface area contributed by atoms with Crippen LogP contribution in [0.5, 0.6) is 0 Å². The molecule has 4 heteroatoms. The number of halogens is 1. The van der Waals surface area contributed by atoms with Gasteiger partial charge in [0.05, 0.1) is 0 Å². The minimum Gasteiger partial charge on any atom is -0.369 e. The fraction of sp³-hybridized carbons (Fsp3) is 0.625. The fourth-order valence-electron chi connectivity index (χ4n) is 2.30. The summed E-state index contributed by atoms with van der Waals surface area (Å²) in [4.78, 5) is 4.85. The molecule has 0 amide bonds. The Hall–Kier alpha value is -0.580. The van der Waals surface area contributed by atoms with Crippen LogP contribution in [0, 0.1) is 0 Å². The van der Waals surface area contributed by atoms with Crippen LogP contribution >= 0.6 is 15.9 Å². The Kier molecular flexibility index (Phi) is 5.10. The highest BCUT2D eigenvalue weighted by Gasteiger charge is 2.15. The number of hydrogen-bond donors (Lipinski definition) is 1. The number of likely N-dealkylation sites (N-methyl/N-ethyl adjacent to an activating group) is 1. The third kappa shape index (κ3) is 4.47. The Labute approximate surface area is 131 Å². The van der Waals surface area contributed by atoms with E-state index in [9.17, 15) is 0 Å². The number of anilines is 1. The lowest BCUT2D eigenvalue weighted by molar-refractivity contribution is 0.313. The van der Waals surface area contributed by atoms with E-state index in [1.165, 1.54) is 15.7 Å². The van der Waals surface area contributed by atoms with E-state index in [1.54, 1.807) is 0 Å². The van der Waals surface area contributed by atoms with Crippen LogP contribution in [-0.4, -0.2) is 43.7 Å². The summed E-state index contributed by atoms with van der Waals surface area (Å²) in [7, 11) is 2.19. The van der Waals surface area contributed by atoms with Gasteiger partial charge in [0.25, 0.3) is 0 Å². The van der Waals surface area contributed by atoms with Gasteiger partial charge in [0.15, 0.2) is 0 Å². The average Bonchev–Trinajstić information content (AvgIpc) is 2.37. The van der Waals surface area contributed by atoms with Gasteiger partial charge in [0, 0.05) is 48.4 Å². The van der Waals surface area contributed by atoms with Gasteiger partial charge in [0.2, 0.25) is 0 Å². The largest absolute Gasteiger partial charge is 0.369 e. The Bertz CT molecular complexity index is 446. The minimum atomic E-state index is 0.148. The monoisotopic (exact) mass is 339 g/mol. The molecule has 0 unspecified atom stereocenters. The molecular weight excluding hydrogens is 314 g/mol. The molecule has 1 aliphatic heterocycles. The van der Waals surface area contributed by atoms with E-state index < -0.39 is 0 Å². The summed E-state index contributed by atoms with van der Waals surface area (Å²) in [6.07, 6.45) is 0. The normalized spacial score (nSPS) is 17.6. The highest BCUT2D eigenvalue weighted by atomic mass is 79.9. The zero-order valence-corrected chi connectivity index (χ0v) is 14.6. The minimum absolute atomic E-state index is 0.148. The van der Waals surface area contributed by atoms with E-state index in [2.05, 4.69) is 77.1 Å².